The molecule has 0 aliphatic heterocycles. The van der Waals surface area contributed by atoms with Gasteiger partial charge in [-0.1, -0.05) is 24.3 Å². The van der Waals surface area contributed by atoms with Crippen LogP contribution in [-0.2, 0) is 0 Å². The number of benzene rings is 1. The van der Waals surface area contributed by atoms with E-state index in [1.165, 1.54) is 23.1 Å². The fourth-order valence-electron chi connectivity index (χ4n) is 1.75. The molecule has 0 aliphatic rings. The summed E-state index contributed by atoms with van der Waals surface area (Å²) in [6, 6.07) is 11.7. The maximum atomic E-state index is 13.0. The smallest absolute Gasteiger partial charge is 0.276 e. The van der Waals surface area contributed by atoms with Gasteiger partial charge in [-0.25, -0.2) is 4.98 Å². The van der Waals surface area contributed by atoms with Crippen LogP contribution >= 0.6 is 0 Å². The molecule has 18 heavy (non-hydrogen) atoms. The molecule has 0 N–H and O–H groups in total. The number of hydrogen-bond acceptors (Lipinski definition) is 2. The molecular weight excluding hydrogens is 231 g/mol. The third-order valence-corrected chi connectivity index (χ3v) is 2.72. The highest BCUT2D eigenvalue weighted by molar-refractivity contribution is 6.04. The van der Waals surface area contributed by atoms with Crippen molar-refractivity contribution in [1.29, 1.82) is 0 Å². The molecule has 0 fully saturated rings. The number of pyridine rings is 1. The average molecular weight is 244 g/mol. The summed E-state index contributed by atoms with van der Waals surface area (Å²) in [5, 5.41) is 0. The Labute approximate surface area is 105 Å². The Bertz CT molecular complexity index is 584. The summed E-state index contributed by atoms with van der Waals surface area (Å²) in [6.45, 7) is 1.91. The predicted molar refractivity (Wildman–Crippen MR) is 68.1 cm³/mol. The first-order valence-corrected chi connectivity index (χ1v) is 5.56. The van der Waals surface area contributed by atoms with Gasteiger partial charge in [0.15, 0.2) is 0 Å². The van der Waals surface area contributed by atoms with Gasteiger partial charge in [-0.05, 0) is 30.7 Å². The highest BCUT2D eigenvalue weighted by Crippen LogP contribution is 2.19. The first-order chi connectivity index (χ1) is 8.59. The van der Waals surface area contributed by atoms with Crippen LogP contribution in [0.1, 0.15) is 16.1 Å². The van der Waals surface area contributed by atoms with Crippen LogP contribution < -0.4 is 4.90 Å². The summed E-state index contributed by atoms with van der Waals surface area (Å²) in [7, 11) is 1.65. The zero-order valence-electron chi connectivity index (χ0n) is 10.2. The summed E-state index contributed by atoms with van der Waals surface area (Å²) in [4.78, 5) is 17.2. The van der Waals surface area contributed by atoms with Crippen molar-refractivity contribution in [3.05, 3.63) is 59.7 Å². The van der Waals surface area contributed by atoms with Crippen LogP contribution in [0.4, 0.5) is 10.1 Å². The minimum atomic E-state index is -0.654. The summed E-state index contributed by atoms with van der Waals surface area (Å²) in [5.41, 5.74) is 1.86. The van der Waals surface area contributed by atoms with Gasteiger partial charge < -0.3 is 4.90 Å². The van der Waals surface area contributed by atoms with Crippen molar-refractivity contribution in [2.24, 2.45) is 0 Å². The number of para-hydroxylation sites is 1. The lowest BCUT2D eigenvalue weighted by molar-refractivity contribution is 0.0987. The maximum Gasteiger partial charge on any atom is 0.276 e. The van der Waals surface area contributed by atoms with E-state index in [-0.39, 0.29) is 11.6 Å². The minimum Gasteiger partial charge on any atom is -0.310 e. The second-order valence-electron chi connectivity index (χ2n) is 4.00. The molecule has 2 aromatic rings. The Morgan fingerprint density at radius 2 is 1.89 bits per heavy atom. The molecule has 2 rings (SSSR count). The molecule has 1 aromatic heterocycles. The van der Waals surface area contributed by atoms with Crippen molar-refractivity contribution in [1.82, 2.24) is 4.98 Å². The van der Waals surface area contributed by atoms with E-state index in [0.717, 1.165) is 11.3 Å². The molecule has 1 aromatic carbocycles. The van der Waals surface area contributed by atoms with E-state index < -0.39 is 5.95 Å². The van der Waals surface area contributed by atoms with Crippen molar-refractivity contribution < 1.29 is 9.18 Å². The van der Waals surface area contributed by atoms with E-state index in [0.29, 0.717) is 0 Å². The second-order valence-corrected chi connectivity index (χ2v) is 4.00. The van der Waals surface area contributed by atoms with Gasteiger partial charge in [0.25, 0.3) is 5.91 Å². The van der Waals surface area contributed by atoms with Gasteiger partial charge in [-0.2, -0.15) is 4.39 Å². The van der Waals surface area contributed by atoms with Crippen molar-refractivity contribution in [3.8, 4) is 0 Å². The standard InChI is InChI=1S/C14H13FN2O/c1-10-6-3-4-8-12(10)17(2)14(18)11-7-5-9-13(15)16-11/h3-9H,1-2H3. The summed E-state index contributed by atoms with van der Waals surface area (Å²) < 4.78 is 13.0. The van der Waals surface area contributed by atoms with Crippen molar-refractivity contribution in [3.63, 3.8) is 0 Å². The molecule has 0 radical (unpaired) electrons. The summed E-state index contributed by atoms with van der Waals surface area (Å²) >= 11 is 0. The molecular formula is C14H13FN2O. The lowest BCUT2D eigenvalue weighted by Crippen LogP contribution is -2.27. The molecule has 3 nitrogen and oxygen atoms in total. The molecule has 0 atom stereocenters. The summed E-state index contributed by atoms with van der Waals surface area (Å²) in [5.74, 6) is -0.983. The van der Waals surface area contributed by atoms with Crippen molar-refractivity contribution >= 4 is 11.6 Å². The number of carbonyl (C=O) groups is 1. The quantitative estimate of drug-likeness (QED) is 0.761. The Balaban J connectivity index is 2.32. The van der Waals surface area contributed by atoms with Gasteiger partial charge >= 0.3 is 0 Å². The van der Waals surface area contributed by atoms with Crippen LogP contribution in [0.5, 0.6) is 0 Å². The number of halogens is 1. The van der Waals surface area contributed by atoms with Gasteiger partial charge in [0.1, 0.15) is 5.69 Å². The Kier molecular flexibility index (Phi) is 3.37. The largest absolute Gasteiger partial charge is 0.310 e. The van der Waals surface area contributed by atoms with Gasteiger partial charge in [0.2, 0.25) is 5.95 Å². The van der Waals surface area contributed by atoms with E-state index in [9.17, 15) is 9.18 Å². The van der Waals surface area contributed by atoms with Gasteiger partial charge in [0, 0.05) is 12.7 Å². The van der Waals surface area contributed by atoms with Crippen LogP contribution in [0.3, 0.4) is 0 Å². The number of anilines is 1. The Morgan fingerprint density at radius 1 is 1.17 bits per heavy atom. The SMILES string of the molecule is Cc1ccccc1N(C)C(=O)c1cccc(F)n1. The van der Waals surface area contributed by atoms with Crippen LogP contribution in [0.15, 0.2) is 42.5 Å². The first kappa shape index (κ1) is 12.2. The second kappa shape index (κ2) is 4.96. The van der Waals surface area contributed by atoms with Crippen LogP contribution in [0.2, 0.25) is 0 Å². The minimum absolute atomic E-state index is 0.0979. The molecule has 0 saturated carbocycles. The van der Waals surface area contributed by atoms with Crippen LogP contribution in [0.25, 0.3) is 0 Å². The van der Waals surface area contributed by atoms with Gasteiger partial charge in [-0.3, -0.25) is 4.79 Å². The molecule has 0 spiro atoms. The maximum absolute atomic E-state index is 13.0. The fourth-order valence-corrected chi connectivity index (χ4v) is 1.75. The summed E-state index contributed by atoms with van der Waals surface area (Å²) in [6.07, 6.45) is 0. The van der Waals surface area contributed by atoms with Crippen LogP contribution in [0, 0.1) is 12.9 Å². The monoisotopic (exact) mass is 244 g/mol. The highest BCUT2D eigenvalue weighted by Gasteiger charge is 2.16. The average Bonchev–Trinajstić information content (AvgIpc) is 2.37. The lowest BCUT2D eigenvalue weighted by atomic mass is 10.2. The van der Waals surface area contributed by atoms with E-state index in [1.807, 2.05) is 31.2 Å². The van der Waals surface area contributed by atoms with Crippen LogP contribution in [-0.4, -0.2) is 17.9 Å². The Morgan fingerprint density at radius 3 is 2.56 bits per heavy atom. The number of nitrogens with zero attached hydrogens (tertiary/aromatic N) is 2. The number of rotatable bonds is 2. The van der Waals surface area contributed by atoms with E-state index in [1.54, 1.807) is 7.05 Å². The zero-order chi connectivity index (χ0) is 13.1. The van der Waals surface area contributed by atoms with E-state index in [2.05, 4.69) is 4.98 Å². The topological polar surface area (TPSA) is 33.2 Å². The third-order valence-electron chi connectivity index (χ3n) is 2.72. The van der Waals surface area contributed by atoms with Crippen molar-refractivity contribution in [2.75, 3.05) is 11.9 Å². The molecule has 0 saturated heterocycles. The Hall–Kier alpha value is -2.23. The van der Waals surface area contributed by atoms with E-state index in [4.69, 9.17) is 0 Å². The molecule has 92 valence electrons. The number of amides is 1. The van der Waals surface area contributed by atoms with E-state index >= 15 is 0 Å². The lowest BCUT2D eigenvalue weighted by Gasteiger charge is -2.18. The number of carbonyl (C=O) groups excluding carboxylic acids is 1. The number of aryl methyl sites for hydroxylation is 1. The zero-order valence-corrected chi connectivity index (χ0v) is 10.2. The molecule has 1 heterocycles. The highest BCUT2D eigenvalue weighted by atomic mass is 19.1. The fraction of sp³-hybridized carbons (Fsp3) is 0.143. The molecule has 4 heteroatoms. The molecule has 0 aliphatic carbocycles. The van der Waals surface area contributed by atoms with Gasteiger partial charge in [-0.15, -0.1) is 0 Å². The normalized spacial score (nSPS) is 10.2. The first-order valence-electron chi connectivity index (χ1n) is 5.56. The predicted octanol–water partition coefficient (Wildman–Crippen LogP) is 2.81. The molecule has 1 amide bonds. The molecule has 0 unspecified atom stereocenters. The van der Waals surface area contributed by atoms with Gasteiger partial charge in [0.05, 0.1) is 0 Å². The van der Waals surface area contributed by atoms with Crippen molar-refractivity contribution in [2.45, 2.75) is 6.92 Å². The number of hydrogen-bond donors (Lipinski definition) is 0. The third kappa shape index (κ3) is 2.37. The molecule has 0 bridgehead atoms. The number of aromatic nitrogens is 1.